The van der Waals surface area contributed by atoms with E-state index < -0.39 is 5.82 Å². The Balaban J connectivity index is 1.88. The molecular formula is C15H11F2N3O. The quantitative estimate of drug-likeness (QED) is 0.751. The molecule has 0 radical (unpaired) electrons. The summed E-state index contributed by atoms with van der Waals surface area (Å²) in [6.07, 6.45) is 0.359. The van der Waals surface area contributed by atoms with Gasteiger partial charge in [-0.25, -0.2) is 8.78 Å². The highest BCUT2D eigenvalue weighted by Gasteiger charge is 2.16. The number of hydrogen-bond acceptors (Lipinski definition) is 4. The lowest BCUT2D eigenvalue weighted by molar-refractivity contribution is 0.422. The van der Waals surface area contributed by atoms with Gasteiger partial charge in [0.15, 0.2) is 5.82 Å². The summed E-state index contributed by atoms with van der Waals surface area (Å²) in [5, 5.41) is 3.79. The first-order chi connectivity index (χ1) is 10.1. The van der Waals surface area contributed by atoms with Crippen LogP contribution in [0.15, 0.2) is 47.0 Å². The molecule has 0 unspecified atom stereocenters. The fourth-order valence-corrected chi connectivity index (χ4v) is 1.98. The lowest BCUT2D eigenvalue weighted by atomic mass is 10.1. The zero-order valence-electron chi connectivity index (χ0n) is 10.9. The van der Waals surface area contributed by atoms with Gasteiger partial charge < -0.3 is 10.3 Å². The molecule has 2 N–H and O–H groups in total. The minimum atomic E-state index is -0.521. The van der Waals surface area contributed by atoms with Crippen molar-refractivity contribution in [2.24, 2.45) is 0 Å². The van der Waals surface area contributed by atoms with Crippen LogP contribution in [-0.4, -0.2) is 10.1 Å². The maximum Gasteiger partial charge on any atom is 0.263 e. The minimum absolute atomic E-state index is 0.0303. The van der Waals surface area contributed by atoms with Gasteiger partial charge in [-0.2, -0.15) is 4.98 Å². The molecule has 0 aliphatic rings. The molecule has 0 aliphatic heterocycles. The Morgan fingerprint density at radius 1 is 1.05 bits per heavy atom. The summed E-state index contributed by atoms with van der Waals surface area (Å²) < 4.78 is 31.7. The molecule has 0 atom stereocenters. The van der Waals surface area contributed by atoms with Crippen molar-refractivity contribution < 1.29 is 13.3 Å². The average Bonchev–Trinajstić information content (AvgIpc) is 2.89. The van der Waals surface area contributed by atoms with E-state index in [1.165, 1.54) is 24.3 Å². The second-order valence-corrected chi connectivity index (χ2v) is 4.52. The van der Waals surface area contributed by atoms with Gasteiger partial charge in [0.05, 0.1) is 5.56 Å². The zero-order chi connectivity index (χ0) is 14.8. The Kier molecular flexibility index (Phi) is 3.35. The van der Waals surface area contributed by atoms with Crippen molar-refractivity contribution in [2.45, 2.75) is 6.42 Å². The van der Waals surface area contributed by atoms with E-state index in [9.17, 15) is 8.78 Å². The number of nitrogens with two attached hydrogens (primary N) is 1. The highest BCUT2D eigenvalue weighted by molar-refractivity contribution is 5.70. The number of anilines is 1. The van der Waals surface area contributed by atoms with Crippen LogP contribution in [0.2, 0.25) is 0 Å². The first-order valence-corrected chi connectivity index (χ1v) is 6.25. The molecule has 0 fully saturated rings. The molecule has 4 nitrogen and oxygen atoms in total. The monoisotopic (exact) mass is 287 g/mol. The van der Waals surface area contributed by atoms with Crippen LogP contribution in [0.3, 0.4) is 0 Å². The Morgan fingerprint density at radius 3 is 2.52 bits per heavy atom. The van der Waals surface area contributed by atoms with Gasteiger partial charge in [-0.1, -0.05) is 23.4 Å². The third kappa shape index (κ3) is 2.74. The van der Waals surface area contributed by atoms with Crippen LogP contribution in [0.1, 0.15) is 11.4 Å². The first-order valence-electron chi connectivity index (χ1n) is 6.25. The van der Waals surface area contributed by atoms with Crippen LogP contribution in [0.4, 0.5) is 14.5 Å². The van der Waals surface area contributed by atoms with Crippen molar-refractivity contribution in [3.05, 3.63) is 65.5 Å². The van der Waals surface area contributed by atoms with Crippen LogP contribution in [0.5, 0.6) is 0 Å². The maximum absolute atomic E-state index is 13.8. The fourth-order valence-electron chi connectivity index (χ4n) is 1.98. The van der Waals surface area contributed by atoms with Gasteiger partial charge in [-0.15, -0.1) is 0 Å². The largest absolute Gasteiger partial charge is 0.398 e. The van der Waals surface area contributed by atoms with Gasteiger partial charge in [0, 0.05) is 12.1 Å². The highest BCUT2D eigenvalue weighted by atomic mass is 19.1. The van der Waals surface area contributed by atoms with Gasteiger partial charge in [0.25, 0.3) is 5.89 Å². The number of benzene rings is 2. The molecule has 0 spiro atoms. The Bertz CT molecular complexity index is 749. The van der Waals surface area contributed by atoms with Gasteiger partial charge >= 0.3 is 0 Å². The fraction of sp³-hybridized carbons (Fsp3) is 0.0667. The van der Waals surface area contributed by atoms with E-state index in [1.54, 1.807) is 18.2 Å². The normalized spacial score (nSPS) is 10.8. The van der Waals surface area contributed by atoms with Crippen LogP contribution in [0.25, 0.3) is 11.5 Å². The molecule has 1 heterocycles. The third-order valence-electron chi connectivity index (χ3n) is 3.00. The number of aromatic nitrogens is 2. The van der Waals surface area contributed by atoms with Gasteiger partial charge in [0.1, 0.15) is 11.6 Å². The molecule has 21 heavy (non-hydrogen) atoms. The number of rotatable bonds is 3. The second-order valence-electron chi connectivity index (χ2n) is 4.52. The molecule has 2 aromatic carbocycles. The molecular weight excluding hydrogens is 276 g/mol. The van der Waals surface area contributed by atoms with Crippen molar-refractivity contribution in [1.29, 1.82) is 0 Å². The van der Waals surface area contributed by atoms with E-state index in [0.29, 0.717) is 12.2 Å². The van der Waals surface area contributed by atoms with Crippen LogP contribution >= 0.6 is 0 Å². The van der Waals surface area contributed by atoms with E-state index in [2.05, 4.69) is 10.1 Å². The maximum atomic E-state index is 13.8. The molecule has 0 aliphatic carbocycles. The summed E-state index contributed by atoms with van der Waals surface area (Å²) in [5.41, 5.74) is 6.87. The molecule has 6 heteroatoms. The topological polar surface area (TPSA) is 64.9 Å². The van der Waals surface area contributed by atoms with Crippen LogP contribution < -0.4 is 5.73 Å². The smallest absolute Gasteiger partial charge is 0.263 e. The highest BCUT2D eigenvalue weighted by Crippen LogP contribution is 2.27. The van der Waals surface area contributed by atoms with E-state index in [1.807, 2.05) is 0 Å². The molecule has 0 saturated carbocycles. The summed E-state index contributed by atoms with van der Waals surface area (Å²) in [5.74, 6) is -0.430. The van der Waals surface area contributed by atoms with Crippen LogP contribution in [0, 0.1) is 11.6 Å². The predicted octanol–water partition coefficient (Wildman–Crippen LogP) is 3.19. The molecule has 1 aromatic heterocycles. The Labute approximate surface area is 119 Å². The van der Waals surface area contributed by atoms with Crippen LogP contribution in [-0.2, 0) is 6.42 Å². The number of nitrogen functional groups attached to an aromatic ring is 1. The summed E-state index contributed by atoms with van der Waals surface area (Å²) >= 11 is 0. The first kappa shape index (κ1) is 13.2. The standard InChI is InChI=1S/C15H11F2N3O/c16-10-6-4-9(5-7-10)8-13-19-15(21-20-13)14-11(17)2-1-3-12(14)18/h1-7H,8,18H2. The zero-order valence-corrected chi connectivity index (χ0v) is 10.9. The molecule has 0 amide bonds. The lowest BCUT2D eigenvalue weighted by Crippen LogP contribution is -1.94. The number of halogens is 2. The van der Waals surface area contributed by atoms with Crippen molar-refractivity contribution in [3.8, 4) is 11.5 Å². The van der Waals surface area contributed by atoms with E-state index in [-0.39, 0.29) is 23.0 Å². The number of hydrogen-bond donors (Lipinski definition) is 1. The average molecular weight is 287 g/mol. The summed E-state index contributed by atoms with van der Waals surface area (Å²) in [4.78, 5) is 4.13. The molecule has 0 saturated heterocycles. The predicted molar refractivity (Wildman–Crippen MR) is 73.3 cm³/mol. The van der Waals surface area contributed by atoms with E-state index >= 15 is 0 Å². The van der Waals surface area contributed by atoms with Gasteiger partial charge in [-0.05, 0) is 29.8 Å². The van der Waals surface area contributed by atoms with Gasteiger partial charge in [0.2, 0.25) is 0 Å². The Morgan fingerprint density at radius 2 is 1.81 bits per heavy atom. The Hall–Kier alpha value is -2.76. The lowest BCUT2D eigenvalue weighted by Gasteiger charge is -2.00. The van der Waals surface area contributed by atoms with Crippen molar-refractivity contribution in [2.75, 3.05) is 5.73 Å². The van der Waals surface area contributed by atoms with Crippen molar-refractivity contribution in [3.63, 3.8) is 0 Å². The molecule has 3 rings (SSSR count). The molecule has 0 bridgehead atoms. The molecule has 3 aromatic rings. The van der Waals surface area contributed by atoms with E-state index in [4.69, 9.17) is 10.3 Å². The minimum Gasteiger partial charge on any atom is -0.398 e. The molecule has 106 valence electrons. The van der Waals surface area contributed by atoms with Gasteiger partial charge in [-0.3, -0.25) is 0 Å². The van der Waals surface area contributed by atoms with E-state index in [0.717, 1.165) is 5.56 Å². The summed E-state index contributed by atoms with van der Waals surface area (Å²) in [7, 11) is 0. The second kappa shape index (κ2) is 5.32. The SMILES string of the molecule is Nc1cccc(F)c1-c1nc(Cc2ccc(F)cc2)no1. The van der Waals surface area contributed by atoms with Crippen molar-refractivity contribution >= 4 is 5.69 Å². The third-order valence-corrected chi connectivity index (χ3v) is 3.00. The van der Waals surface area contributed by atoms with Crippen molar-refractivity contribution in [1.82, 2.24) is 10.1 Å². The summed E-state index contributed by atoms with van der Waals surface area (Å²) in [6, 6.07) is 10.3. The summed E-state index contributed by atoms with van der Waals surface area (Å²) in [6.45, 7) is 0. The number of nitrogens with zero attached hydrogens (tertiary/aromatic N) is 2.